The lowest BCUT2D eigenvalue weighted by atomic mass is 9.98. The Hall–Kier alpha value is -1.50. The molecule has 0 aliphatic carbocycles. The molecule has 3 rings (SSSR count). The molecule has 0 bridgehead atoms. The third kappa shape index (κ3) is 2.66. The van der Waals surface area contributed by atoms with Crippen molar-refractivity contribution >= 4 is 36.9 Å². The van der Waals surface area contributed by atoms with E-state index in [-0.39, 0.29) is 0 Å². The van der Waals surface area contributed by atoms with Crippen LogP contribution in [0, 0.1) is 20.8 Å². The summed E-state index contributed by atoms with van der Waals surface area (Å²) in [5.41, 5.74) is 7.52. The van der Waals surface area contributed by atoms with Gasteiger partial charge in [-0.1, -0.05) is 30.1 Å². The van der Waals surface area contributed by atoms with E-state index in [1.165, 1.54) is 32.5 Å². The largest absolute Gasteiger partial charge is 0.236 e. The molecule has 0 amide bonds. The van der Waals surface area contributed by atoms with E-state index in [4.69, 9.17) is 4.98 Å². The number of benzene rings is 2. The molecule has 21 heavy (non-hydrogen) atoms. The van der Waals surface area contributed by atoms with E-state index in [2.05, 4.69) is 66.4 Å². The van der Waals surface area contributed by atoms with Crippen LogP contribution in [0.25, 0.3) is 26.9 Å². The zero-order valence-electron chi connectivity index (χ0n) is 12.5. The fourth-order valence-electron chi connectivity index (χ4n) is 2.50. The molecule has 0 saturated heterocycles. The first kappa shape index (κ1) is 14.4. The van der Waals surface area contributed by atoms with Crippen molar-refractivity contribution in [1.82, 2.24) is 4.98 Å². The van der Waals surface area contributed by atoms with Gasteiger partial charge in [-0.3, -0.25) is 0 Å². The van der Waals surface area contributed by atoms with E-state index < -0.39 is 0 Å². The Bertz CT molecular complexity index is 846. The van der Waals surface area contributed by atoms with E-state index in [1.807, 2.05) is 5.82 Å². The number of rotatable bonds is 2. The second-order valence-corrected chi connectivity index (χ2v) is 6.72. The molecule has 0 radical (unpaired) electrons. The zero-order valence-corrected chi connectivity index (χ0v) is 14.4. The lowest BCUT2D eigenvalue weighted by molar-refractivity contribution is 1.31. The molecule has 1 heterocycles. The van der Waals surface area contributed by atoms with Crippen LogP contribution in [0.1, 0.15) is 22.3 Å². The zero-order chi connectivity index (χ0) is 15.0. The monoisotopic (exact) mass is 311 g/mol. The smallest absolute Gasteiger partial charge is 0.124 e. The number of thiazole rings is 1. The van der Waals surface area contributed by atoms with Crippen molar-refractivity contribution in [2.45, 2.75) is 20.8 Å². The van der Waals surface area contributed by atoms with Crippen LogP contribution in [0.15, 0.2) is 36.1 Å². The van der Waals surface area contributed by atoms with Crippen molar-refractivity contribution < 1.29 is 0 Å². The maximum absolute atomic E-state index is 4.80. The molecule has 3 aromatic rings. The standard InChI is InChI=1S/C18H18NPS/c1-11-4-7-16-17(10-11)21-18(19-16)15-6-5-14(8-9-20)12(2)13(15)3/h4-10H,20H2,1-3H3/b9-8+. The lowest BCUT2D eigenvalue weighted by Crippen LogP contribution is -1.90. The summed E-state index contributed by atoms with van der Waals surface area (Å²) in [5.74, 6) is 2.00. The van der Waals surface area contributed by atoms with Gasteiger partial charge in [0.2, 0.25) is 0 Å². The Morgan fingerprint density at radius 3 is 2.62 bits per heavy atom. The van der Waals surface area contributed by atoms with Crippen LogP contribution in [0.5, 0.6) is 0 Å². The first-order valence-electron chi connectivity index (χ1n) is 6.96. The molecule has 0 aliphatic heterocycles. The topological polar surface area (TPSA) is 12.9 Å². The fraction of sp³-hybridized carbons (Fsp3) is 0.167. The number of nitrogens with zero attached hydrogens (tertiary/aromatic N) is 1. The summed E-state index contributed by atoms with van der Waals surface area (Å²) in [6.07, 6.45) is 2.12. The first-order chi connectivity index (χ1) is 10.1. The third-order valence-corrected chi connectivity index (χ3v) is 5.12. The third-order valence-electron chi connectivity index (χ3n) is 3.88. The van der Waals surface area contributed by atoms with Gasteiger partial charge in [0.15, 0.2) is 0 Å². The maximum Gasteiger partial charge on any atom is 0.124 e. The number of hydrogen-bond donors (Lipinski definition) is 0. The fourth-order valence-corrected chi connectivity index (χ4v) is 3.86. The van der Waals surface area contributed by atoms with Crippen LogP contribution in [-0.2, 0) is 0 Å². The maximum atomic E-state index is 4.80. The van der Waals surface area contributed by atoms with Gasteiger partial charge in [0.1, 0.15) is 5.01 Å². The van der Waals surface area contributed by atoms with Gasteiger partial charge in [-0.2, -0.15) is 0 Å². The van der Waals surface area contributed by atoms with Crippen molar-refractivity contribution in [2.24, 2.45) is 0 Å². The highest BCUT2D eigenvalue weighted by molar-refractivity contribution is 7.21. The molecule has 1 nitrogen and oxygen atoms in total. The minimum Gasteiger partial charge on any atom is -0.236 e. The van der Waals surface area contributed by atoms with Crippen molar-refractivity contribution in [3.8, 4) is 10.6 Å². The van der Waals surface area contributed by atoms with Gasteiger partial charge in [0.25, 0.3) is 0 Å². The molecule has 3 heteroatoms. The van der Waals surface area contributed by atoms with Crippen molar-refractivity contribution in [2.75, 3.05) is 0 Å². The van der Waals surface area contributed by atoms with E-state index in [9.17, 15) is 0 Å². The highest BCUT2D eigenvalue weighted by Crippen LogP contribution is 2.34. The molecule has 0 spiro atoms. The van der Waals surface area contributed by atoms with Crippen molar-refractivity contribution in [3.05, 3.63) is 58.4 Å². The average Bonchev–Trinajstić information content (AvgIpc) is 2.87. The summed E-state index contributed by atoms with van der Waals surface area (Å²) in [6, 6.07) is 10.8. The molecule has 106 valence electrons. The Labute approximate surface area is 131 Å². The predicted octanol–water partition coefficient (Wildman–Crippen LogP) is 5.73. The van der Waals surface area contributed by atoms with E-state index in [1.54, 1.807) is 11.3 Å². The molecule has 0 aliphatic rings. The minimum atomic E-state index is 1.09. The van der Waals surface area contributed by atoms with Gasteiger partial charge in [-0.25, -0.2) is 4.98 Å². The van der Waals surface area contributed by atoms with Crippen LogP contribution in [0.2, 0.25) is 0 Å². The van der Waals surface area contributed by atoms with Gasteiger partial charge < -0.3 is 0 Å². The van der Waals surface area contributed by atoms with E-state index in [0.29, 0.717) is 0 Å². The van der Waals surface area contributed by atoms with Gasteiger partial charge in [-0.15, -0.1) is 20.6 Å². The SMILES string of the molecule is Cc1ccc2nc(-c3ccc(/C=C/P)c(C)c3C)sc2c1. The second kappa shape index (κ2) is 5.71. The molecular formula is C18H18NPS. The Morgan fingerprint density at radius 2 is 1.86 bits per heavy atom. The van der Waals surface area contributed by atoms with Gasteiger partial charge in [0.05, 0.1) is 10.2 Å². The van der Waals surface area contributed by atoms with Gasteiger partial charge >= 0.3 is 0 Å². The summed E-state index contributed by atoms with van der Waals surface area (Å²) in [5, 5.41) is 1.11. The Morgan fingerprint density at radius 1 is 1.05 bits per heavy atom. The molecule has 2 aromatic carbocycles. The molecular weight excluding hydrogens is 293 g/mol. The van der Waals surface area contributed by atoms with Gasteiger partial charge in [0, 0.05) is 5.56 Å². The summed E-state index contributed by atoms with van der Waals surface area (Å²) < 4.78 is 1.26. The van der Waals surface area contributed by atoms with Crippen LogP contribution in [-0.4, -0.2) is 4.98 Å². The Kier molecular flexibility index (Phi) is 3.93. The molecule has 1 atom stereocenters. The molecule has 1 aromatic heterocycles. The number of aryl methyl sites for hydroxylation is 1. The minimum absolute atomic E-state index is 1.09. The highest BCUT2D eigenvalue weighted by Gasteiger charge is 2.11. The number of hydrogen-bond acceptors (Lipinski definition) is 2. The van der Waals surface area contributed by atoms with E-state index in [0.717, 1.165) is 10.5 Å². The van der Waals surface area contributed by atoms with Crippen LogP contribution < -0.4 is 0 Å². The normalized spacial score (nSPS) is 11.6. The number of fused-ring (bicyclic) bond motifs is 1. The van der Waals surface area contributed by atoms with Crippen LogP contribution >= 0.6 is 20.6 Å². The predicted molar refractivity (Wildman–Crippen MR) is 98.0 cm³/mol. The highest BCUT2D eigenvalue weighted by atomic mass is 32.1. The van der Waals surface area contributed by atoms with Crippen molar-refractivity contribution in [1.29, 1.82) is 0 Å². The quantitative estimate of drug-likeness (QED) is 0.550. The van der Waals surface area contributed by atoms with E-state index >= 15 is 0 Å². The molecule has 0 fully saturated rings. The van der Waals surface area contributed by atoms with Gasteiger partial charge in [-0.05, 0) is 55.2 Å². The summed E-state index contributed by atoms with van der Waals surface area (Å²) in [7, 11) is 2.63. The number of aromatic nitrogens is 1. The Balaban J connectivity index is 2.16. The van der Waals surface area contributed by atoms with Crippen LogP contribution in [0.4, 0.5) is 0 Å². The van der Waals surface area contributed by atoms with Crippen LogP contribution in [0.3, 0.4) is 0 Å². The summed E-state index contributed by atoms with van der Waals surface area (Å²) in [4.78, 5) is 4.80. The first-order valence-corrected chi connectivity index (χ1v) is 8.44. The van der Waals surface area contributed by atoms with Crippen molar-refractivity contribution in [3.63, 3.8) is 0 Å². The molecule has 0 saturated carbocycles. The lowest BCUT2D eigenvalue weighted by Gasteiger charge is -2.09. The summed E-state index contributed by atoms with van der Waals surface area (Å²) >= 11 is 1.77. The second-order valence-electron chi connectivity index (χ2n) is 5.30. The summed E-state index contributed by atoms with van der Waals surface area (Å²) in [6.45, 7) is 6.48. The molecule has 1 unspecified atom stereocenters. The average molecular weight is 311 g/mol. The molecule has 0 N–H and O–H groups in total.